The molecule has 0 unspecified atom stereocenters. The molecule has 0 aliphatic heterocycles. The van der Waals surface area contributed by atoms with Crippen LogP contribution in [0.2, 0.25) is 0 Å². The highest BCUT2D eigenvalue weighted by molar-refractivity contribution is 5.80. The summed E-state index contributed by atoms with van der Waals surface area (Å²) in [5.41, 5.74) is 4.38. The molecule has 0 bridgehead atoms. The van der Waals surface area contributed by atoms with Crippen molar-refractivity contribution in [3.63, 3.8) is 0 Å². The topological polar surface area (TPSA) is 64.0 Å². The molecule has 1 aromatic carbocycles. The van der Waals surface area contributed by atoms with Crippen LogP contribution in [-0.4, -0.2) is 15.7 Å². The van der Waals surface area contributed by atoms with Crippen LogP contribution in [0.15, 0.2) is 35.1 Å². The van der Waals surface area contributed by atoms with E-state index in [9.17, 15) is 9.59 Å². The fourth-order valence-electron chi connectivity index (χ4n) is 4.10. The van der Waals surface area contributed by atoms with Gasteiger partial charge in [-0.2, -0.15) is 5.10 Å². The van der Waals surface area contributed by atoms with E-state index in [0.717, 1.165) is 43.4 Å². The zero-order chi connectivity index (χ0) is 17.4. The Hall–Kier alpha value is -2.43. The molecular weight excluding hydrogens is 314 g/mol. The van der Waals surface area contributed by atoms with E-state index in [4.69, 9.17) is 0 Å². The van der Waals surface area contributed by atoms with E-state index in [1.165, 1.54) is 15.8 Å². The molecule has 2 aliphatic rings. The number of rotatable bonds is 2. The van der Waals surface area contributed by atoms with Gasteiger partial charge in [0, 0.05) is 19.0 Å². The van der Waals surface area contributed by atoms with Gasteiger partial charge in [0.25, 0.3) is 5.56 Å². The van der Waals surface area contributed by atoms with Gasteiger partial charge < -0.3 is 5.32 Å². The van der Waals surface area contributed by atoms with E-state index in [-0.39, 0.29) is 23.4 Å². The first-order valence-corrected chi connectivity index (χ1v) is 9.06. The van der Waals surface area contributed by atoms with E-state index in [1.807, 2.05) is 6.07 Å². The van der Waals surface area contributed by atoms with Crippen molar-refractivity contribution in [2.24, 2.45) is 13.0 Å². The summed E-state index contributed by atoms with van der Waals surface area (Å²) >= 11 is 0. The van der Waals surface area contributed by atoms with E-state index in [2.05, 4.69) is 28.6 Å². The lowest BCUT2D eigenvalue weighted by Gasteiger charge is -2.29. The Morgan fingerprint density at radius 3 is 2.92 bits per heavy atom. The van der Waals surface area contributed by atoms with Crippen LogP contribution in [0.4, 0.5) is 0 Å². The van der Waals surface area contributed by atoms with E-state index >= 15 is 0 Å². The number of aromatic nitrogens is 2. The number of benzene rings is 1. The first-order chi connectivity index (χ1) is 12.1. The lowest BCUT2D eigenvalue weighted by molar-refractivity contribution is -0.126. The number of carbonyl (C=O) groups excluding carboxylic acids is 1. The van der Waals surface area contributed by atoms with Crippen LogP contribution in [0, 0.1) is 5.92 Å². The summed E-state index contributed by atoms with van der Waals surface area (Å²) in [4.78, 5) is 24.6. The highest BCUT2D eigenvalue weighted by Gasteiger charge is 2.29. The second kappa shape index (κ2) is 6.47. The van der Waals surface area contributed by atoms with Crippen LogP contribution in [0.5, 0.6) is 0 Å². The Bertz CT molecular complexity index is 871. The Labute approximate surface area is 147 Å². The molecule has 2 aliphatic carbocycles. The van der Waals surface area contributed by atoms with Crippen molar-refractivity contribution in [3.8, 4) is 0 Å². The first kappa shape index (κ1) is 16.1. The van der Waals surface area contributed by atoms with Gasteiger partial charge in [0.2, 0.25) is 5.91 Å². The number of nitrogens with one attached hydrogen (secondary N) is 1. The van der Waals surface area contributed by atoms with Gasteiger partial charge in [0.15, 0.2) is 0 Å². The smallest absolute Gasteiger partial charge is 0.266 e. The standard InChI is InChI=1S/C20H23N3O2/c1-23-19(24)12-15-11-14(9-10-17(15)22-23)20(25)21-18-8-4-6-13-5-2-3-7-16(13)18/h2-3,5,7,12,14,18H,4,6,8-11H2,1H3,(H,21,25)/t14-,18+/m1/s1. The number of hydrogen-bond acceptors (Lipinski definition) is 3. The number of carbonyl (C=O) groups is 1. The second-order valence-electron chi connectivity index (χ2n) is 7.17. The molecule has 2 atom stereocenters. The first-order valence-electron chi connectivity index (χ1n) is 9.06. The molecule has 1 amide bonds. The Morgan fingerprint density at radius 1 is 1.20 bits per heavy atom. The van der Waals surface area contributed by atoms with Crippen LogP contribution in [0.1, 0.15) is 47.7 Å². The van der Waals surface area contributed by atoms with Gasteiger partial charge in [-0.25, -0.2) is 4.68 Å². The number of nitrogens with zero attached hydrogens (tertiary/aromatic N) is 2. The Kier molecular flexibility index (Phi) is 4.15. The highest BCUT2D eigenvalue weighted by atomic mass is 16.2. The molecule has 2 aromatic rings. The molecule has 5 nitrogen and oxygen atoms in total. The molecule has 0 saturated heterocycles. The molecule has 1 heterocycles. The minimum absolute atomic E-state index is 0.0736. The van der Waals surface area contributed by atoms with Gasteiger partial charge in [-0.3, -0.25) is 9.59 Å². The summed E-state index contributed by atoms with van der Waals surface area (Å²) in [6.07, 6.45) is 5.34. The fourth-order valence-corrected chi connectivity index (χ4v) is 4.10. The molecule has 4 rings (SSSR count). The molecule has 130 valence electrons. The average molecular weight is 337 g/mol. The quantitative estimate of drug-likeness (QED) is 0.912. The molecular formula is C20H23N3O2. The maximum Gasteiger partial charge on any atom is 0.266 e. The SMILES string of the molecule is Cn1nc2c(cc1=O)C[C@H](C(=O)N[C@H]1CCCc3ccccc31)CC2. The van der Waals surface area contributed by atoms with E-state index in [0.29, 0.717) is 6.42 Å². The highest BCUT2D eigenvalue weighted by Crippen LogP contribution is 2.30. The third-order valence-electron chi connectivity index (χ3n) is 5.51. The van der Waals surface area contributed by atoms with Crippen molar-refractivity contribution in [2.75, 3.05) is 0 Å². The van der Waals surface area contributed by atoms with Crippen LogP contribution >= 0.6 is 0 Å². The molecule has 0 spiro atoms. The van der Waals surface area contributed by atoms with Gasteiger partial charge in [-0.15, -0.1) is 0 Å². The van der Waals surface area contributed by atoms with Gasteiger partial charge in [-0.05, 0) is 55.2 Å². The maximum absolute atomic E-state index is 12.8. The Morgan fingerprint density at radius 2 is 2.04 bits per heavy atom. The summed E-state index contributed by atoms with van der Waals surface area (Å²) in [6, 6.07) is 10.1. The minimum atomic E-state index is -0.110. The minimum Gasteiger partial charge on any atom is -0.349 e. The molecule has 1 N–H and O–H groups in total. The van der Waals surface area contributed by atoms with Crippen molar-refractivity contribution in [1.82, 2.24) is 15.1 Å². The van der Waals surface area contributed by atoms with Crippen molar-refractivity contribution in [3.05, 3.63) is 63.1 Å². The summed E-state index contributed by atoms with van der Waals surface area (Å²) in [5.74, 6) is 0.0310. The molecule has 5 heteroatoms. The summed E-state index contributed by atoms with van der Waals surface area (Å²) in [5, 5.41) is 7.58. The lowest BCUT2D eigenvalue weighted by atomic mass is 9.84. The van der Waals surface area contributed by atoms with Crippen LogP contribution in [0.3, 0.4) is 0 Å². The van der Waals surface area contributed by atoms with Gasteiger partial charge in [0.1, 0.15) is 0 Å². The average Bonchev–Trinajstić information content (AvgIpc) is 2.62. The van der Waals surface area contributed by atoms with Crippen molar-refractivity contribution >= 4 is 5.91 Å². The van der Waals surface area contributed by atoms with E-state index in [1.54, 1.807) is 13.1 Å². The molecule has 0 fully saturated rings. The van der Waals surface area contributed by atoms with Crippen molar-refractivity contribution < 1.29 is 4.79 Å². The van der Waals surface area contributed by atoms with Gasteiger partial charge in [0.05, 0.1) is 11.7 Å². The zero-order valence-corrected chi connectivity index (χ0v) is 14.5. The van der Waals surface area contributed by atoms with Crippen molar-refractivity contribution in [2.45, 2.75) is 44.6 Å². The van der Waals surface area contributed by atoms with Gasteiger partial charge in [-0.1, -0.05) is 24.3 Å². The van der Waals surface area contributed by atoms with Crippen LogP contribution < -0.4 is 10.9 Å². The van der Waals surface area contributed by atoms with Crippen LogP contribution in [0.25, 0.3) is 0 Å². The predicted octanol–water partition coefficient (Wildman–Crippen LogP) is 2.08. The maximum atomic E-state index is 12.8. The zero-order valence-electron chi connectivity index (χ0n) is 14.5. The summed E-state index contributed by atoms with van der Waals surface area (Å²) in [7, 11) is 1.67. The van der Waals surface area contributed by atoms with Gasteiger partial charge >= 0.3 is 0 Å². The third-order valence-corrected chi connectivity index (χ3v) is 5.51. The molecule has 0 radical (unpaired) electrons. The second-order valence-corrected chi connectivity index (χ2v) is 7.17. The van der Waals surface area contributed by atoms with Crippen LogP contribution in [-0.2, 0) is 31.1 Å². The summed E-state index contributed by atoms with van der Waals surface area (Å²) < 4.78 is 1.37. The normalized spacial score (nSPS) is 22.0. The third kappa shape index (κ3) is 3.11. The van der Waals surface area contributed by atoms with E-state index < -0.39 is 0 Å². The fraction of sp³-hybridized carbons (Fsp3) is 0.450. The summed E-state index contributed by atoms with van der Waals surface area (Å²) in [6.45, 7) is 0. The molecule has 0 saturated carbocycles. The Balaban J connectivity index is 1.49. The predicted molar refractivity (Wildman–Crippen MR) is 95.3 cm³/mol. The van der Waals surface area contributed by atoms with Crippen molar-refractivity contribution in [1.29, 1.82) is 0 Å². The number of amides is 1. The largest absolute Gasteiger partial charge is 0.349 e. The molecule has 1 aromatic heterocycles. The number of aryl methyl sites for hydroxylation is 3. The number of fused-ring (bicyclic) bond motifs is 2. The number of hydrogen-bond donors (Lipinski definition) is 1. The lowest BCUT2D eigenvalue weighted by Crippen LogP contribution is -2.38. The molecule has 25 heavy (non-hydrogen) atoms. The monoisotopic (exact) mass is 337 g/mol.